The van der Waals surface area contributed by atoms with Crippen LogP contribution in [0.3, 0.4) is 0 Å². The van der Waals surface area contributed by atoms with Crippen molar-refractivity contribution in [2.45, 2.75) is 26.7 Å². The Labute approximate surface area is 115 Å². The van der Waals surface area contributed by atoms with Gasteiger partial charge in [-0.2, -0.15) is 12.8 Å². The second-order valence-corrected chi connectivity index (χ2v) is 1.000. The van der Waals surface area contributed by atoms with Crippen LogP contribution in [0.5, 0.6) is 0 Å². The zero-order valence-corrected chi connectivity index (χ0v) is 12.2. The number of hydrogen-bond acceptors (Lipinski definition) is 0. The maximum atomic E-state index is 3.49. The van der Waals surface area contributed by atoms with Crippen LogP contribution in [0.4, 0.5) is 0 Å². The molecule has 10 heavy (non-hydrogen) atoms. The molecule has 0 aromatic carbocycles. The minimum absolute atomic E-state index is 0. The number of rotatable bonds is 0. The molecule has 0 rings (SSSR count). The van der Waals surface area contributed by atoms with Gasteiger partial charge in [-0.15, -0.1) is 0 Å². The predicted molar refractivity (Wildman–Crippen MR) is 42.8 cm³/mol. The summed E-state index contributed by atoms with van der Waals surface area (Å²) in [5, 5.41) is 0. The largest absolute Gasteiger partial charge is 2.00 e. The average molecular weight is 250 g/mol. The fraction of sp³-hybridized carbons (Fsp3) is 0.667. The van der Waals surface area contributed by atoms with Crippen molar-refractivity contribution in [2.24, 2.45) is 0 Å². The van der Waals surface area contributed by atoms with Crippen molar-refractivity contribution < 1.29 is 29.4 Å². The first-order valence-corrected chi connectivity index (χ1v) is 2.41. The molecule has 0 aliphatic carbocycles. The van der Waals surface area contributed by atoms with E-state index in [1.165, 1.54) is 0 Å². The summed E-state index contributed by atoms with van der Waals surface area (Å²) in [7, 11) is 0. The third-order valence-corrected chi connectivity index (χ3v) is 0. The van der Waals surface area contributed by atoms with E-state index in [1.807, 2.05) is 13.8 Å². The van der Waals surface area contributed by atoms with E-state index in [0.29, 0.717) is 0 Å². The quantitative estimate of drug-likeness (QED) is 0.301. The van der Waals surface area contributed by atoms with Gasteiger partial charge in [-0.3, -0.25) is 0 Å². The molecule has 0 unspecified atom stereocenters. The monoisotopic (exact) mass is 248 g/mol. The van der Waals surface area contributed by atoms with Gasteiger partial charge in [0.2, 0.25) is 0 Å². The van der Waals surface area contributed by atoms with Gasteiger partial charge in [-0.25, -0.2) is 0 Å². The molecule has 0 aliphatic rings. The first kappa shape index (κ1) is 39.6. The summed E-state index contributed by atoms with van der Waals surface area (Å²) in [5.74, 6) is 0. The van der Waals surface area contributed by atoms with Crippen LogP contribution in [-0.4, -0.2) is 46.1 Å². The van der Waals surface area contributed by atoms with Crippen LogP contribution in [0.25, 0.3) is 0 Å². The summed E-state index contributed by atoms with van der Waals surface area (Å²) in [6.07, 6.45) is 2.00. The SMILES string of the molecule is [Br-].[CH2-]CC.[CH2-]CC.[Cl-].[Mg+2].[Mg+2]. The van der Waals surface area contributed by atoms with Crippen molar-refractivity contribution in [3.8, 4) is 0 Å². The van der Waals surface area contributed by atoms with Crippen molar-refractivity contribution in [1.82, 2.24) is 0 Å². The Bertz CT molecular complexity index is 17.7. The topological polar surface area (TPSA) is 0 Å². The van der Waals surface area contributed by atoms with Crippen LogP contribution >= 0.6 is 0 Å². The van der Waals surface area contributed by atoms with Gasteiger partial charge >= 0.3 is 46.1 Å². The number of hydrogen-bond donors (Lipinski definition) is 0. The molecule has 56 valence electrons. The van der Waals surface area contributed by atoms with Gasteiger partial charge in [0.15, 0.2) is 0 Å². The van der Waals surface area contributed by atoms with Crippen LogP contribution in [0.15, 0.2) is 0 Å². The van der Waals surface area contributed by atoms with Crippen molar-refractivity contribution in [3.63, 3.8) is 0 Å². The van der Waals surface area contributed by atoms with E-state index in [0.717, 1.165) is 12.8 Å². The van der Waals surface area contributed by atoms with Gasteiger partial charge in [-0.05, 0) is 0 Å². The van der Waals surface area contributed by atoms with Crippen molar-refractivity contribution in [3.05, 3.63) is 13.8 Å². The van der Waals surface area contributed by atoms with Gasteiger partial charge in [0.05, 0.1) is 0 Å². The summed E-state index contributed by atoms with van der Waals surface area (Å²) < 4.78 is 0. The Balaban J connectivity index is -0.00000000571. The van der Waals surface area contributed by atoms with Crippen molar-refractivity contribution >= 4 is 46.1 Å². The Kier molecular flexibility index (Phi) is 256. The molecule has 0 saturated carbocycles. The minimum Gasteiger partial charge on any atom is -1.00 e. The van der Waals surface area contributed by atoms with Gasteiger partial charge in [0, 0.05) is 0 Å². The van der Waals surface area contributed by atoms with E-state index in [2.05, 4.69) is 13.8 Å². The molecule has 0 atom stereocenters. The number of halogens is 2. The zero-order valence-electron chi connectivity index (χ0n) is 7.00. The molecule has 4 heteroatoms. The maximum Gasteiger partial charge on any atom is 2.00 e. The summed E-state index contributed by atoms with van der Waals surface area (Å²) in [5.41, 5.74) is 0. The Hall–Kier alpha value is 2.30. The van der Waals surface area contributed by atoms with E-state index in [1.54, 1.807) is 0 Å². The van der Waals surface area contributed by atoms with Gasteiger partial charge in [0.25, 0.3) is 0 Å². The van der Waals surface area contributed by atoms with Crippen LogP contribution in [0.2, 0.25) is 0 Å². The summed E-state index contributed by atoms with van der Waals surface area (Å²) in [4.78, 5) is 0. The van der Waals surface area contributed by atoms with Gasteiger partial charge < -0.3 is 43.2 Å². The van der Waals surface area contributed by atoms with Crippen LogP contribution < -0.4 is 29.4 Å². The Morgan fingerprint density at radius 3 is 0.900 bits per heavy atom. The van der Waals surface area contributed by atoms with Gasteiger partial charge in [-0.1, -0.05) is 13.8 Å². The normalized spacial score (nSPS) is 3.60. The molecule has 0 N–H and O–H groups in total. The second-order valence-electron chi connectivity index (χ2n) is 1.000. The molecule has 0 aliphatic heterocycles. The molecule has 0 heterocycles. The summed E-state index contributed by atoms with van der Waals surface area (Å²) in [6, 6.07) is 0. The van der Waals surface area contributed by atoms with E-state index < -0.39 is 0 Å². The minimum atomic E-state index is 0. The van der Waals surface area contributed by atoms with Gasteiger partial charge in [0.1, 0.15) is 0 Å². The molecule has 0 saturated heterocycles. The molecule has 0 aromatic heterocycles. The summed E-state index contributed by atoms with van der Waals surface area (Å²) >= 11 is 0. The second kappa shape index (κ2) is 64.8. The molecule has 0 radical (unpaired) electrons. The van der Waals surface area contributed by atoms with Crippen molar-refractivity contribution in [2.75, 3.05) is 0 Å². The zero-order chi connectivity index (χ0) is 5.41. The molecule has 0 spiro atoms. The van der Waals surface area contributed by atoms with E-state index in [-0.39, 0.29) is 75.5 Å². The Morgan fingerprint density at radius 1 is 0.900 bits per heavy atom. The smallest absolute Gasteiger partial charge is 1.00 e. The van der Waals surface area contributed by atoms with E-state index >= 15 is 0 Å². The fourth-order valence-corrected chi connectivity index (χ4v) is 0. The predicted octanol–water partition coefficient (Wildman–Crippen LogP) is -4.29. The average Bonchev–Trinajstić information content (AvgIpc) is 1.39. The third-order valence-electron chi connectivity index (χ3n) is 0. The maximum absolute atomic E-state index is 3.49. The molecular weight excluding hydrogens is 236 g/mol. The molecular formula is C6H14BrClMg2. The standard InChI is InChI=1S/2C3H7.BrH.ClH.2Mg/c2*1-3-2;;;;/h2*1,3H2,2H3;2*1H;;/q2*-1;;;2*+2/p-2. The van der Waals surface area contributed by atoms with Crippen LogP contribution in [0, 0.1) is 13.8 Å². The van der Waals surface area contributed by atoms with Crippen LogP contribution in [0.1, 0.15) is 26.7 Å². The Morgan fingerprint density at radius 2 is 0.900 bits per heavy atom. The third kappa shape index (κ3) is 168. The van der Waals surface area contributed by atoms with Crippen LogP contribution in [-0.2, 0) is 0 Å². The van der Waals surface area contributed by atoms with E-state index in [4.69, 9.17) is 0 Å². The molecule has 0 amide bonds. The fourth-order valence-electron chi connectivity index (χ4n) is 0. The molecule has 0 bridgehead atoms. The molecule has 0 aromatic rings. The van der Waals surface area contributed by atoms with E-state index in [9.17, 15) is 0 Å². The first-order valence-electron chi connectivity index (χ1n) is 2.41. The van der Waals surface area contributed by atoms with Crippen molar-refractivity contribution in [1.29, 1.82) is 0 Å². The molecule has 0 nitrogen and oxygen atoms in total. The first-order chi connectivity index (χ1) is 2.83. The molecule has 0 fully saturated rings. The summed E-state index contributed by atoms with van der Waals surface area (Å²) in [6.45, 7) is 11.0.